The SMILES string of the molecule is CCc1ccc(-c2ncc(CO)[nH]2)cc1. The zero-order valence-corrected chi connectivity index (χ0v) is 8.70. The van der Waals surface area contributed by atoms with Gasteiger partial charge in [-0.3, -0.25) is 0 Å². The minimum atomic E-state index is 0.0000432. The molecule has 0 aliphatic carbocycles. The van der Waals surface area contributed by atoms with Crippen LogP contribution in [0.2, 0.25) is 0 Å². The Bertz CT molecular complexity index is 431. The molecule has 1 aromatic carbocycles. The van der Waals surface area contributed by atoms with E-state index in [2.05, 4.69) is 29.0 Å². The van der Waals surface area contributed by atoms with Gasteiger partial charge in [-0.05, 0) is 12.0 Å². The Morgan fingerprint density at radius 1 is 1.27 bits per heavy atom. The van der Waals surface area contributed by atoms with E-state index in [4.69, 9.17) is 5.11 Å². The van der Waals surface area contributed by atoms with E-state index in [1.165, 1.54) is 5.56 Å². The van der Waals surface area contributed by atoms with Crippen molar-refractivity contribution < 1.29 is 5.11 Å². The van der Waals surface area contributed by atoms with Crippen molar-refractivity contribution in [3.05, 3.63) is 41.7 Å². The number of rotatable bonds is 3. The standard InChI is InChI=1S/C12H14N2O/c1-2-9-3-5-10(6-4-9)12-13-7-11(8-15)14-12/h3-7,15H,2,8H2,1H3,(H,13,14). The third-order valence-electron chi connectivity index (χ3n) is 2.43. The molecule has 0 radical (unpaired) electrons. The number of aryl methyl sites for hydroxylation is 1. The molecule has 78 valence electrons. The molecule has 0 atom stereocenters. The Kier molecular flexibility index (Phi) is 2.83. The van der Waals surface area contributed by atoms with Crippen molar-refractivity contribution in [1.82, 2.24) is 9.97 Å². The largest absolute Gasteiger partial charge is 0.390 e. The molecule has 0 spiro atoms. The molecule has 0 aliphatic heterocycles. The molecule has 0 bridgehead atoms. The minimum Gasteiger partial charge on any atom is -0.390 e. The number of hydrogen-bond acceptors (Lipinski definition) is 2. The predicted octanol–water partition coefficient (Wildman–Crippen LogP) is 2.13. The van der Waals surface area contributed by atoms with Gasteiger partial charge in [-0.25, -0.2) is 4.98 Å². The Morgan fingerprint density at radius 2 is 2.00 bits per heavy atom. The molecular formula is C12H14N2O. The van der Waals surface area contributed by atoms with Crippen molar-refractivity contribution in [3.8, 4) is 11.4 Å². The van der Waals surface area contributed by atoms with Crippen molar-refractivity contribution >= 4 is 0 Å². The molecule has 2 aromatic rings. The lowest BCUT2D eigenvalue weighted by Crippen LogP contribution is -1.84. The molecule has 2 N–H and O–H groups in total. The smallest absolute Gasteiger partial charge is 0.137 e. The minimum absolute atomic E-state index is 0.0000432. The Morgan fingerprint density at radius 3 is 2.53 bits per heavy atom. The topological polar surface area (TPSA) is 48.9 Å². The van der Waals surface area contributed by atoms with Crippen LogP contribution in [0.3, 0.4) is 0 Å². The van der Waals surface area contributed by atoms with Gasteiger partial charge in [0.25, 0.3) is 0 Å². The van der Waals surface area contributed by atoms with E-state index in [-0.39, 0.29) is 6.61 Å². The first kappa shape index (κ1) is 9.93. The molecule has 0 saturated heterocycles. The van der Waals surface area contributed by atoms with Crippen LogP contribution in [0, 0.1) is 0 Å². The van der Waals surface area contributed by atoms with Gasteiger partial charge >= 0.3 is 0 Å². The van der Waals surface area contributed by atoms with Crippen molar-refractivity contribution in [1.29, 1.82) is 0 Å². The van der Waals surface area contributed by atoms with Crippen LogP contribution in [0.4, 0.5) is 0 Å². The van der Waals surface area contributed by atoms with E-state index in [1.807, 2.05) is 12.1 Å². The van der Waals surface area contributed by atoms with Gasteiger partial charge in [0.1, 0.15) is 5.82 Å². The molecule has 3 heteroatoms. The molecular weight excluding hydrogens is 188 g/mol. The van der Waals surface area contributed by atoms with Crippen LogP contribution in [0.25, 0.3) is 11.4 Å². The molecule has 1 heterocycles. The number of aromatic nitrogens is 2. The average molecular weight is 202 g/mol. The first-order chi connectivity index (χ1) is 7.33. The highest BCUT2D eigenvalue weighted by Crippen LogP contribution is 2.16. The Hall–Kier alpha value is -1.61. The fourth-order valence-electron chi connectivity index (χ4n) is 1.48. The molecule has 1 aromatic heterocycles. The Labute approximate surface area is 88.8 Å². The van der Waals surface area contributed by atoms with Crippen LogP contribution < -0.4 is 0 Å². The van der Waals surface area contributed by atoms with Gasteiger partial charge in [-0.15, -0.1) is 0 Å². The number of aliphatic hydroxyl groups excluding tert-OH is 1. The lowest BCUT2D eigenvalue weighted by atomic mass is 10.1. The third-order valence-corrected chi connectivity index (χ3v) is 2.43. The first-order valence-corrected chi connectivity index (χ1v) is 5.07. The van der Waals surface area contributed by atoms with Gasteiger partial charge < -0.3 is 10.1 Å². The second-order valence-electron chi connectivity index (χ2n) is 3.47. The molecule has 3 nitrogen and oxygen atoms in total. The maximum atomic E-state index is 8.91. The van der Waals surface area contributed by atoms with Crippen LogP contribution in [-0.2, 0) is 13.0 Å². The molecule has 2 rings (SSSR count). The highest BCUT2D eigenvalue weighted by molar-refractivity contribution is 5.55. The summed E-state index contributed by atoms with van der Waals surface area (Å²) in [5.74, 6) is 0.807. The number of hydrogen-bond donors (Lipinski definition) is 2. The van der Waals surface area contributed by atoms with Gasteiger partial charge in [0.2, 0.25) is 0 Å². The van der Waals surface area contributed by atoms with Gasteiger partial charge in [-0.2, -0.15) is 0 Å². The zero-order valence-electron chi connectivity index (χ0n) is 8.70. The predicted molar refractivity (Wildman–Crippen MR) is 59.3 cm³/mol. The van der Waals surface area contributed by atoms with E-state index >= 15 is 0 Å². The van der Waals surface area contributed by atoms with Crippen molar-refractivity contribution in [2.75, 3.05) is 0 Å². The van der Waals surface area contributed by atoms with Crippen LogP contribution >= 0.6 is 0 Å². The number of aliphatic hydroxyl groups is 1. The maximum Gasteiger partial charge on any atom is 0.137 e. The summed E-state index contributed by atoms with van der Waals surface area (Å²) in [5.41, 5.74) is 3.10. The lowest BCUT2D eigenvalue weighted by Gasteiger charge is -1.99. The normalized spacial score (nSPS) is 10.5. The highest BCUT2D eigenvalue weighted by Gasteiger charge is 2.02. The summed E-state index contributed by atoms with van der Waals surface area (Å²) in [6.45, 7) is 2.13. The van der Waals surface area contributed by atoms with Crippen molar-refractivity contribution in [2.45, 2.75) is 20.0 Å². The zero-order chi connectivity index (χ0) is 10.7. The second-order valence-corrected chi connectivity index (χ2v) is 3.47. The van der Waals surface area contributed by atoms with Crippen molar-refractivity contribution in [2.24, 2.45) is 0 Å². The number of imidazole rings is 1. The van der Waals surface area contributed by atoms with Crippen LogP contribution in [0.1, 0.15) is 18.2 Å². The lowest BCUT2D eigenvalue weighted by molar-refractivity contribution is 0.277. The summed E-state index contributed by atoms with van der Waals surface area (Å²) in [7, 11) is 0. The van der Waals surface area contributed by atoms with Crippen molar-refractivity contribution in [3.63, 3.8) is 0 Å². The summed E-state index contributed by atoms with van der Waals surface area (Å²) in [5, 5.41) is 8.91. The molecule has 0 aliphatic rings. The number of nitrogens with zero attached hydrogens (tertiary/aromatic N) is 1. The number of nitrogens with one attached hydrogen (secondary N) is 1. The Balaban J connectivity index is 2.28. The van der Waals surface area contributed by atoms with Gasteiger partial charge in [-0.1, -0.05) is 31.2 Å². The van der Waals surface area contributed by atoms with Crippen LogP contribution in [-0.4, -0.2) is 15.1 Å². The van der Waals surface area contributed by atoms with E-state index < -0.39 is 0 Å². The fraction of sp³-hybridized carbons (Fsp3) is 0.250. The van der Waals surface area contributed by atoms with Gasteiger partial charge in [0.15, 0.2) is 0 Å². The number of aromatic amines is 1. The van der Waals surface area contributed by atoms with E-state index in [9.17, 15) is 0 Å². The quantitative estimate of drug-likeness (QED) is 0.801. The summed E-state index contributed by atoms with van der Waals surface area (Å²) >= 11 is 0. The number of benzene rings is 1. The molecule has 0 saturated carbocycles. The van der Waals surface area contributed by atoms with Crippen LogP contribution in [0.5, 0.6) is 0 Å². The number of H-pyrrole nitrogens is 1. The fourth-order valence-corrected chi connectivity index (χ4v) is 1.48. The highest BCUT2D eigenvalue weighted by atomic mass is 16.3. The molecule has 0 fully saturated rings. The summed E-state index contributed by atoms with van der Waals surface area (Å²) < 4.78 is 0. The average Bonchev–Trinajstić information content (AvgIpc) is 2.78. The summed E-state index contributed by atoms with van der Waals surface area (Å²) in [6.07, 6.45) is 2.70. The van der Waals surface area contributed by atoms with E-state index in [1.54, 1.807) is 6.20 Å². The first-order valence-electron chi connectivity index (χ1n) is 5.07. The van der Waals surface area contributed by atoms with Gasteiger partial charge in [0, 0.05) is 5.56 Å². The van der Waals surface area contributed by atoms with E-state index in [0.717, 1.165) is 23.5 Å². The van der Waals surface area contributed by atoms with Crippen LogP contribution in [0.15, 0.2) is 30.5 Å². The van der Waals surface area contributed by atoms with Gasteiger partial charge in [0.05, 0.1) is 18.5 Å². The van der Waals surface area contributed by atoms with E-state index in [0.29, 0.717) is 0 Å². The monoisotopic (exact) mass is 202 g/mol. The summed E-state index contributed by atoms with van der Waals surface area (Å²) in [6, 6.07) is 8.27. The summed E-state index contributed by atoms with van der Waals surface area (Å²) in [4.78, 5) is 7.25. The second kappa shape index (κ2) is 4.28. The molecule has 0 unspecified atom stereocenters. The maximum absolute atomic E-state index is 8.91. The molecule has 15 heavy (non-hydrogen) atoms. The molecule has 0 amide bonds. The third kappa shape index (κ3) is 2.07.